The second-order valence-corrected chi connectivity index (χ2v) is 8.41. The fourth-order valence-electron chi connectivity index (χ4n) is 3.19. The summed E-state index contributed by atoms with van der Waals surface area (Å²) in [5, 5.41) is 3.42. The molecule has 0 spiro atoms. The summed E-state index contributed by atoms with van der Waals surface area (Å²) < 4.78 is 6.18. The van der Waals surface area contributed by atoms with Gasteiger partial charge in [0.05, 0.1) is 16.6 Å². The molecule has 1 aromatic heterocycles. The maximum absolute atomic E-state index is 12.7. The predicted octanol–water partition coefficient (Wildman–Crippen LogP) is 4.39. The zero-order valence-electron chi connectivity index (χ0n) is 14.7. The molecule has 1 aliphatic rings. The number of carbonyl (C=O) groups is 2. The van der Waals surface area contributed by atoms with Gasteiger partial charge >= 0.3 is 0 Å². The van der Waals surface area contributed by atoms with Gasteiger partial charge in [-0.05, 0) is 71.8 Å². The van der Waals surface area contributed by atoms with Gasteiger partial charge in [0, 0.05) is 10.4 Å². The smallest absolute Gasteiger partial charge is 0.256 e. The van der Waals surface area contributed by atoms with E-state index in [1.807, 2.05) is 6.92 Å². The third-order valence-corrected chi connectivity index (χ3v) is 6.27. The molecule has 0 radical (unpaired) electrons. The first-order valence-corrected chi connectivity index (χ1v) is 10.2. The van der Waals surface area contributed by atoms with Crippen LogP contribution in [0.4, 0.5) is 5.00 Å². The highest BCUT2D eigenvalue weighted by molar-refractivity contribution is 9.10. The van der Waals surface area contributed by atoms with Crippen LogP contribution >= 0.6 is 27.3 Å². The van der Waals surface area contributed by atoms with Crippen molar-refractivity contribution in [3.05, 3.63) is 44.2 Å². The highest BCUT2D eigenvalue weighted by Crippen LogP contribution is 2.39. The molecular formula is C19H21BrN2O3S. The lowest BCUT2D eigenvalue weighted by Crippen LogP contribution is -2.19. The Morgan fingerprint density at radius 1 is 1.42 bits per heavy atom. The first-order valence-electron chi connectivity index (χ1n) is 8.58. The number of ether oxygens (including phenoxy) is 1. The van der Waals surface area contributed by atoms with Crippen molar-refractivity contribution in [1.29, 1.82) is 0 Å². The lowest BCUT2D eigenvalue weighted by Gasteiger charge is -2.18. The summed E-state index contributed by atoms with van der Waals surface area (Å²) >= 11 is 4.88. The van der Waals surface area contributed by atoms with Crippen molar-refractivity contribution >= 4 is 44.1 Å². The van der Waals surface area contributed by atoms with Gasteiger partial charge in [-0.15, -0.1) is 11.3 Å². The molecule has 7 heteroatoms. The Hall–Kier alpha value is -1.86. The zero-order chi connectivity index (χ0) is 18.8. The van der Waals surface area contributed by atoms with Crippen LogP contribution in [-0.2, 0) is 12.8 Å². The number of hydrogen-bond acceptors (Lipinski definition) is 4. The number of rotatable bonds is 5. The van der Waals surface area contributed by atoms with E-state index in [4.69, 9.17) is 10.5 Å². The Kier molecular flexibility index (Phi) is 5.67. The van der Waals surface area contributed by atoms with Crippen LogP contribution in [0.15, 0.2) is 22.7 Å². The monoisotopic (exact) mass is 436 g/mol. The van der Waals surface area contributed by atoms with Crippen LogP contribution in [0.5, 0.6) is 5.75 Å². The lowest BCUT2D eigenvalue weighted by atomic mass is 9.88. The predicted molar refractivity (Wildman–Crippen MR) is 107 cm³/mol. The molecule has 1 atom stereocenters. The van der Waals surface area contributed by atoms with Crippen LogP contribution in [0.2, 0.25) is 0 Å². The van der Waals surface area contributed by atoms with Crippen molar-refractivity contribution in [2.24, 2.45) is 11.7 Å². The quantitative estimate of drug-likeness (QED) is 0.728. The summed E-state index contributed by atoms with van der Waals surface area (Å²) in [4.78, 5) is 25.8. The number of halogens is 1. The van der Waals surface area contributed by atoms with E-state index in [-0.39, 0.29) is 5.91 Å². The number of amides is 2. The van der Waals surface area contributed by atoms with Crippen LogP contribution in [0.1, 0.15) is 51.4 Å². The molecule has 5 nitrogen and oxygen atoms in total. The maximum Gasteiger partial charge on any atom is 0.256 e. The van der Waals surface area contributed by atoms with Crippen LogP contribution in [0, 0.1) is 5.92 Å². The molecule has 1 aliphatic carbocycles. The molecule has 0 unspecified atom stereocenters. The number of nitrogens with two attached hydrogens (primary N) is 1. The van der Waals surface area contributed by atoms with Gasteiger partial charge in [-0.1, -0.05) is 6.92 Å². The largest absolute Gasteiger partial charge is 0.493 e. The minimum Gasteiger partial charge on any atom is -0.493 e. The number of primary amides is 1. The fraction of sp³-hybridized carbons (Fsp3) is 0.368. The van der Waals surface area contributed by atoms with Crippen LogP contribution < -0.4 is 15.8 Å². The highest BCUT2D eigenvalue weighted by atomic mass is 79.9. The van der Waals surface area contributed by atoms with Crippen LogP contribution in [0.3, 0.4) is 0 Å². The molecule has 26 heavy (non-hydrogen) atoms. The number of hydrogen-bond donors (Lipinski definition) is 2. The molecule has 0 fully saturated rings. The molecular weight excluding hydrogens is 416 g/mol. The lowest BCUT2D eigenvalue weighted by molar-refractivity contribution is 0.1000. The van der Waals surface area contributed by atoms with Gasteiger partial charge in [-0.3, -0.25) is 9.59 Å². The SMILES string of the molecule is CCOc1ccc(C(=O)Nc2sc3c(c2C(N)=O)CC[C@@H](C)C3)cc1Br. The molecule has 0 bridgehead atoms. The number of carbonyl (C=O) groups excluding carboxylic acids is 2. The Bertz CT molecular complexity index is 863. The number of anilines is 1. The Morgan fingerprint density at radius 3 is 2.85 bits per heavy atom. The molecule has 3 rings (SSSR count). The molecule has 0 saturated heterocycles. The van der Waals surface area contributed by atoms with Crippen molar-refractivity contribution in [2.45, 2.75) is 33.1 Å². The van der Waals surface area contributed by atoms with Crippen molar-refractivity contribution in [1.82, 2.24) is 0 Å². The van der Waals surface area contributed by atoms with E-state index < -0.39 is 5.91 Å². The Labute approximate surface area is 165 Å². The average molecular weight is 437 g/mol. The van der Waals surface area contributed by atoms with Crippen LogP contribution in [0.25, 0.3) is 0 Å². The summed E-state index contributed by atoms with van der Waals surface area (Å²) in [6.45, 7) is 4.64. The van der Waals surface area contributed by atoms with Gasteiger partial charge in [-0.2, -0.15) is 0 Å². The summed E-state index contributed by atoms with van der Waals surface area (Å²) in [5.41, 5.74) is 7.56. The second kappa shape index (κ2) is 7.80. The van der Waals surface area contributed by atoms with E-state index >= 15 is 0 Å². The van der Waals surface area contributed by atoms with E-state index in [1.165, 1.54) is 11.3 Å². The molecule has 2 amide bonds. The fourth-order valence-corrected chi connectivity index (χ4v) is 5.09. The third-order valence-electron chi connectivity index (χ3n) is 4.48. The first-order chi connectivity index (χ1) is 12.4. The van der Waals surface area contributed by atoms with E-state index in [9.17, 15) is 9.59 Å². The second-order valence-electron chi connectivity index (χ2n) is 6.45. The highest BCUT2D eigenvalue weighted by Gasteiger charge is 2.27. The normalized spacial score (nSPS) is 16.0. The summed E-state index contributed by atoms with van der Waals surface area (Å²) in [6, 6.07) is 5.16. The minimum absolute atomic E-state index is 0.275. The van der Waals surface area contributed by atoms with E-state index in [0.29, 0.717) is 38.9 Å². The van der Waals surface area contributed by atoms with Gasteiger partial charge in [0.2, 0.25) is 0 Å². The van der Waals surface area contributed by atoms with Gasteiger partial charge < -0.3 is 15.8 Å². The van der Waals surface area contributed by atoms with Gasteiger partial charge in [0.25, 0.3) is 11.8 Å². The topological polar surface area (TPSA) is 81.4 Å². The summed E-state index contributed by atoms with van der Waals surface area (Å²) in [7, 11) is 0. The van der Waals surface area contributed by atoms with Crippen molar-refractivity contribution in [3.8, 4) is 5.75 Å². The molecule has 0 saturated carbocycles. The van der Waals surface area contributed by atoms with Crippen molar-refractivity contribution in [2.75, 3.05) is 11.9 Å². The van der Waals surface area contributed by atoms with Crippen LogP contribution in [-0.4, -0.2) is 18.4 Å². The Balaban J connectivity index is 1.88. The Morgan fingerprint density at radius 2 is 2.19 bits per heavy atom. The van der Waals surface area contributed by atoms with Gasteiger partial charge in [0.1, 0.15) is 10.8 Å². The van der Waals surface area contributed by atoms with Crippen molar-refractivity contribution < 1.29 is 14.3 Å². The summed E-state index contributed by atoms with van der Waals surface area (Å²) in [5.74, 6) is 0.498. The average Bonchev–Trinajstić information content (AvgIpc) is 2.93. The first kappa shape index (κ1) is 18.9. The van der Waals surface area contributed by atoms with E-state index in [2.05, 4.69) is 28.2 Å². The maximum atomic E-state index is 12.7. The molecule has 1 aromatic carbocycles. The standard InChI is InChI=1S/C19H21BrN2O3S/c1-3-25-14-7-5-11(9-13(14)20)18(24)22-19-16(17(21)23)12-6-4-10(2)8-15(12)26-19/h5,7,9-10H,3-4,6,8H2,1-2H3,(H2,21,23)(H,22,24)/t10-/m1/s1. The molecule has 138 valence electrons. The van der Waals surface area contributed by atoms with Gasteiger partial charge in [0.15, 0.2) is 0 Å². The number of benzene rings is 1. The number of fused-ring (bicyclic) bond motifs is 1. The molecule has 3 N–H and O–H groups in total. The van der Waals surface area contributed by atoms with E-state index in [1.54, 1.807) is 18.2 Å². The molecule has 1 heterocycles. The number of thiophene rings is 1. The number of nitrogens with one attached hydrogen (secondary N) is 1. The van der Waals surface area contributed by atoms with Crippen molar-refractivity contribution in [3.63, 3.8) is 0 Å². The summed E-state index contributed by atoms with van der Waals surface area (Å²) in [6.07, 6.45) is 2.78. The molecule has 0 aliphatic heterocycles. The third kappa shape index (κ3) is 3.78. The minimum atomic E-state index is -0.486. The zero-order valence-corrected chi connectivity index (χ0v) is 17.1. The van der Waals surface area contributed by atoms with Gasteiger partial charge in [-0.25, -0.2) is 0 Å². The molecule has 2 aromatic rings. The van der Waals surface area contributed by atoms with E-state index in [0.717, 1.165) is 29.7 Å².